The molecule has 3 N–H and O–H groups in total. The molecule has 0 bridgehead atoms. The molecule has 0 aliphatic heterocycles. The summed E-state index contributed by atoms with van der Waals surface area (Å²) in [7, 11) is 0. The van der Waals surface area contributed by atoms with E-state index in [2.05, 4.69) is 26.1 Å². The second kappa shape index (κ2) is 5.96. The maximum Gasteiger partial charge on any atom is 0.307 e. The molecule has 7 heteroatoms. The average Bonchev–Trinajstić information content (AvgIpc) is 2.26. The molecular weight excluding hydrogens is 226 g/mol. The molecule has 1 aromatic rings. The minimum absolute atomic E-state index is 0.0855. The third-order valence-corrected chi connectivity index (χ3v) is 1.70. The Morgan fingerprint density at radius 1 is 1.31 bits per heavy atom. The van der Waals surface area contributed by atoms with E-state index in [1.54, 1.807) is 6.07 Å². The zero-order chi connectivity index (χ0) is 12.0. The summed E-state index contributed by atoms with van der Waals surface area (Å²) < 4.78 is 0. The van der Waals surface area contributed by atoms with Crippen LogP contribution in [0.5, 0.6) is 0 Å². The van der Waals surface area contributed by atoms with Crippen molar-refractivity contribution in [3.05, 3.63) is 24.3 Å². The van der Waals surface area contributed by atoms with Crippen molar-refractivity contribution in [1.29, 1.82) is 0 Å². The van der Waals surface area contributed by atoms with Gasteiger partial charge >= 0.3 is 5.91 Å². The van der Waals surface area contributed by atoms with Gasteiger partial charge in [0, 0.05) is 18.4 Å². The Balaban J connectivity index is 2.39. The Morgan fingerprint density at radius 3 is 2.50 bits per heavy atom. The van der Waals surface area contributed by atoms with Gasteiger partial charge in [-0.2, -0.15) is 0 Å². The maximum absolute atomic E-state index is 11.4. The van der Waals surface area contributed by atoms with Crippen LogP contribution in [0.2, 0.25) is 0 Å². The summed E-state index contributed by atoms with van der Waals surface area (Å²) in [6, 6.07) is 1.83. The average molecular weight is 239 g/mol. The molecule has 1 rings (SSSR count). The van der Waals surface area contributed by atoms with Gasteiger partial charge in [0.25, 0.3) is 0 Å². The Bertz CT molecular complexity index is 367. The van der Waals surface area contributed by atoms with Crippen molar-refractivity contribution in [1.82, 2.24) is 26.1 Å². The number of thiocarbonyl (C=S) groups is 1. The zero-order valence-electron chi connectivity index (χ0n) is 9.02. The van der Waals surface area contributed by atoms with E-state index < -0.39 is 5.91 Å². The first-order chi connectivity index (χ1) is 7.59. The zero-order valence-corrected chi connectivity index (χ0v) is 9.84. The highest BCUT2D eigenvalue weighted by Gasteiger charge is 2.07. The summed E-state index contributed by atoms with van der Waals surface area (Å²) in [6.45, 7) is 3.88. The van der Waals surface area contributed by atoms with Crippen molar-refractivity contribution in [2.75, 3.05) is 0 Å². The fraction of sp³-hybridized carbons (Fsp3) is 0.333. The van der Waals surface area contributed by atoms with Gasteiger partial charge in [-0.05, 0) is 32.1 Å². The van der Waals surface area contributed by atoms with Gasteiger partial charge < -0.3 is 5.32 Å². The van der Waals surface area contributed by atoms with Crippen LogP contribution < -0.4 is 16.2 Å². The van der Waals surface area contributed by atoms with Crippen LogP contribution in [0.25, 0.3) is 0 Å². The van der Waals surface area contributed by atoms with Gasteiger partial charge in [-0.25, -0.2) is 9.97 Å². The van der Waals surface area contributed by atoms with Crippen molar-refractivity contribution in [2.24, 2.45) is 0 Å². The summed E-state index contributed by atoms with van der Waals surface area (Å²) in [4.78, 5) is 19.0. The molecular formula is C9H13N5OS. The Labute approximate surface area is 98.8 Å². The van der Waals surface area contributed by atoms with Crippen LogP contribution in [0.3, 0.4) is 0 Å². The van der Waals surface area contributed by atoms with Gasteiger partial charge in [-0.3, -0.25) is 15.6 Å². The number of aromatic nitrogens is 2. The molecule has 1 heterocycles. The lowest BCUT2D eigenvalue weighted by Gasteiger charge is -2.13. The first-order valence-electron chi connectivity index (χ1n) is 4.73. The van der Waals surface area contributed by atoms with E-state index in [-0.39, 0.29) is 11.9 Å². The van der Waals surface area contributed by atoms with Crippen LogP contribution in [-0.4, -0.2) is 27.0 Å². The Morgan fingerprint density at radius 2 is 1.94 bits per heavy atom. The molecule has 16 heavy (non-hydrogen) atoms. The van der Waals surface area contributed by atoms with Crippen molar-refractivity contribution >= 4 is 23.2 Å². The number of carbonyl (C=O) groups is 1. The standard InChI is InChI=1S/C9H13N5OS/c1-6(2)12-9(16)14-13-8(15)7-10-4-3-5-11-7/h3-6H,1-2H3,(H,13,15)(H2,12,14,16). The number of amides is 1. The number of nitrogens with one attached hydrogen (secondary N) is 3. The molecule has 86 valence electrons. The lowest BCUT2D eigenvalue weighted by molar-refractivity contribution is 0.0933. The van der Waals surface area contributed by atoms with Gasteiger partial charge in [0.05, 0.1) is 0 Å². The van der Waals surface area contributed by atoms with Gasteiger partial charge in [0.2, 0.25) is 5.82 Å². The third kappa shape index (κ3) is 4.18. The maximum atomic E-state index is 11.4. The van der Waals surface area contributed by atoms with E-state index >= 15 is 0 Å². The lowest BCUT2D eigenvalue weighted by atomic mass is 10.4. The van der Waals surface area contributed by atoms with Crippen LogP contribution in [0, 0.1) is 0 Å². The van der Waals surface area contributed by atoms with Crippen LogP contribution in [0.1, 0.15) is 24.5 Å². The Kier molecular flexibility index (Phi) is 4.59. The van der Waals surface area contributed by atoms with Gasteiger partial charge in [0.15, 0.2) is 5.11 Å². The minimum Gasteiger partial charge on any atom is -0.359 e. The Hall–Kier alpha value is -1.76. The molecule has 0 aliphatic carbocycles. The second-order valence-corrected chi connectivity index (χ2v) is 3.69. The molecule has 0 saturated heterocycles. The summed E-state index contributed by atoms with van der Waals surface area (Å²) in [5, 5.41) is 3.26. The van der Waals surface area contributed by atoms with Crippen LogP contribution in [0.15, 0.2) is 18.5 Å². The number of hydrazine groups is 1. The van der Waals surface area contributed by atoms with E-state index in [1.165, 1.54) is 12.4 Å². The number of rotatable bonds is 2. The smallest absolute Gasteiger partial charge is 0.307 e. The highest BCUT2D eigenvalue weighted by Crippen LogP contribution is 1.85. The molecule has 0 unspecified atom stereocenters. The SMILES string of the molecule is CC(C)NC(=S)NNC(=O)c1ncccn1. The fourth-order valence-electron chi connectivity index (χ4n) is 0.884. The third-order valence-electron chi connectivity index (χ3n) is 1.48. The normalized spacial score (nSPS) is 9.69. The van der Waals surface area contributed by atoms with E-state index in [4.69, 9.17) is 12.2 Å². The van der Waals surface area contributed by atoms with E-state index in [0.29, 0.717) is 5.11 Å². The van der Waals surface area contributed by atoms with Crippen molar-refractivity contribution in [2.45, 2.75) is 19.9 Å². The minimum atomic E-state index is -0.437. The van der Waals surface area contributed by atoms with Crippen LogP contribution in [-0.2, 0) is 0 Å². The van der Waals surface area contributed by atoms with Gasteiger partial charge in [0.1, 0.15) is 0 Å². The van der Waals surface area contributed by atoms with E-state index in [0.717, 1.165) is 0 Å². The topological polar surface area (TPSA) is 78.9 Å². The molecule has 0 saturated carbocycles. The van der Waals surface area contributed by atoms with Crippen LogP contribution >= 0.6 is 12.2 Å². The molecule has 1 amide bonds. The summed E-state index contributed by atoms with van der Waals surface area (Å²) in [6.07, 6.45) is 2.99. The summed E-state index contributed by atoms with van der Waals surface area (Å²) >= 11 is 4.92. The molecule has 0 atom stereocenters. The van der Waals surface area contributed by atoms with E-state index in [9.17, 15) is 4.79 Å². The number of hydrogen-bond donors (Lipinski definition) is 3. The number of hydrogen-bond acceptors (Lipinski definition) is 4. The first-order valence-corrected chi connectivity index (χ1v) is 5.14. The number of nitrogens with zero attached hydrogens (tertiary/aromatic N) is 2. The quantitative estimate of drug-likeness (QED) is 0.498. The van der Waals surface area contributed by atoms with Crippen molar-refractivity contribution in [3.63, 3.8) is 0 Å². The van der Waals surface area contributed by atoms with Crippen molar-refractivity contribution < 1.29 is 4.79 Å². The van der Waals surface area contributed by atoms with Gasteiger partial charge in [-0.15, -0.1) is 0 Å². The number of carbonyl (C=O) groups excluding carboxylic acids is 1. The highest BCUT2D eigenvalue weighted by molar-refractivity contribution is 7.80. The van der Waals surface area contributed by atoms with Crippen molar-refractivity contribution in [3.8, 4) is 0 Å². The van der Waals surface area contributed by atoms with Gasteiger partial charge in [-0.1, -0.05) is 0 Å². The predicted octanol–water partition coefficient (Wildman–Crippen LogP) is -0.00610. The fourth-order valence-corrected chi connectivity index (χ4v) is 1.17. The lowest BCUT2D eigenvalue weighted by Crippen LogP contribution is -2.48. The highest BCUT2D eigenvalue weighted by atomic mass is 32.1. The van der Waals surface area contributed by atoms with Crippen LogP contribution in [0.4, 0.5) is 0 Å². The van der Waals surface area contributed by atoms with E-state index in [1.807, 2.05) is 13.8 Å². The summed E-state index contributed by atoms with van der Waals surface area (Å²) in [5.74, 6) is -0.351. The molecule has 0 aromatic carbocycles. The predicted molar refractivity (Wildman–Crippen MR) is 63.5 cm³/mol. The largest absolute Gasteiger partial charge is 0.359 e. The molecule has 0 aliphatic rings. The molecule has 0 spiro atoms. The molecule has 6 nitrogen and oxygen atoms in total. The summed E-state index contributed by atoms with van der Waals surface area (Å²) in [5.41, 5.74) is 4.94. The molecule has 1 aromatic heterocycles. The first kappa shape index (κ1) is 12.3. The second-order valence-electron chi connectivity index (χ2n) is 3.28. The molecule has 0 radical (unpaired) electrons. The monoisotopic (exact) mass is 239 g/mol. The molecule has 0 fully saturated rings.